The first-order chi connectivity index (χ1) is 6.83. The van der Waals surface area contributed by atoms with Crippen molar-refractivity contribution in [1.29, 1.82) is 0 Å². The van der Waals surface area contributed by atoms with Crippen molar-refractivity contribution in [2.75, 3.05) is 0 Å². The quantitative estimate of drug-likeness (QED) is 0.506. The molecular formula is C11H20O4. The van der Waals surface area contributed by atoms with Crippen LogP contribution in [-0.4, -0.2) is 22.2 Å². The molecule has 0 saturated carbocycles. The molecule has 88 valence electrons. The van der Waals surface area contributed by atoms with E-state index in [1.165, 1.54) is 0 Å². The zero-order valence-electron chi connectivity index (χ0n) is 9.62. The summed E-state index contributed by atoms with van der Waals surface area (Å²) < 4.78 is 0. The van der Waals surface area contributed by atoms with Crippen LogP contribution in [0.1, 0.15) is 46.5 Å². The first-order valence-corrected chi connectivity index (χ1v) is 5.28. The maximum Gasteiger partial charge on any atom is 0.318 e. The number of aliphatic carboxylic acids is 2. The van der Waals surface area contributed by atoms with E-state index < -0.39 is 23.3 Å². The van der Waals surface area contributed by atoms with E-state index in [-0.39, 0.29) is 0 Å². The summed E-state index contributed by atoms with van der Waals surface area (Å²) in [7, 11) is 0. The van der Waals surface area contributed by atoms with E-state index >= 15 is 0 Å². The summed E-state index contributed by atoms with van der Waals surface area (Å²) in [6.45, 7) is 5.46. The summed E-state index contributed by atoms with van der Waals surface area (Å²) in [4.78, 5) is 21.7. The summed E-state index contributed by atoms with van der Waals surface area (Å²) in [6.07, 6.45) is 3.56. The summed E-state index contributed by atoms with van der Waals surface area (Å²) in [6, 6.07) is 0. The maximum atomic E-state index is 10.8. The van der Waals surface area contributed by atoms with E-state index in [1.54, 1.807) is 13.8 Å². The summed E-state index contributed by atoms with van der Waals surface area (Å²) in [5, 5.41) is 17.7. The van der Waals surface area contributed by atoms with Gasteiger partial charge in [-0.15, -0.1) is 0 Å². The van der Waals surface area contributed by atoms with Crippen LogP contribution in [0.4, 0.5) is 0 Å². The average molecular weight is 216 g/mol. The summed E-state index contributed by atoms with van der Waals surface area (Å²) in [5.74, 6) is -3.80. The molecule has 0 aliphatic carbocycles. The molecule has 0 saturated heterocycles. The molecule has 0 fully saturated rings. The molecule has 4 heteroatoms. The van der Waals surface area contributed by atoms with Gasteiger partial charge in [-0.05, 0) is 11.8 Å². The Balaban J connectivity index is 4.50. The van der Waals surface area contributed by atoms with E-state index in [0.29, 0.717) is 6.42 Å². The third-order valence-corrected chi connectivity index (χ3v) is 2.70. The fraction of sp³-hybridized carbons (Fsp3) is 0.818. The second-order valence-corrected chi connectivity index (χ2v) is 4.56. The van der Waals surface area contributed by atoms with Crippen LogP contribution < -0.4 is 0 Å². The molecule has 15 heavy (non-hydrogen) atoms. The Kier molecular flexibility index (Phi) is 5.33. The highest BCUT2D eigenvalue weighted by molar-refractivity contribution is 5.93. The average Bonchev–Trinajstić information content (AvgIpc) is 2.01. The largest absolute Gasteiger partial charge is 0.481 e. The second-order valence-electron chi connectivity index (χ2n) is 4.56. The Morgan fingerprint density at radius 3 is 1.93 bits per heavy atom. The Hall–Kier alpha value is -1.06. The number of hydrogen-bond acceptors (Lipinski definition) is 2. The molecular weight excluding hydrogens is 196 g/mol. The number of hydrogen-bond donors (Lipinski definition) is 2. The van der Waals surface area contributed by atoms with Gasteiger partial charge in [-0.2, -0.15) is 0 Å². The molecule has 0 aromatic carbocycles. The predicted molar refractivity (Wildman–Crippen MR) is 56.7 cm³/mol. The van der Waals surface area contributed by atoms with Gasteiger partial charge in [0.25, 0.3) is 0 Å². The van der Waals surface area contributed by atoms with Gasteiger partial charge in [0.1, 0.15) is 0 Å². The molecule has 0 radical (unpaired) electrons. The van der Waals surface area contributed by atoms with Gasteiger partial charge in [0.2, 0.25) is 0 Å². The van der Waals surface area contributed by atoms with E-state index in [2.05, 4.69) is 6.92 Å². The van der Waals surface area contributed by atoms with Crippen molar-refractivity contribution in [2.24, 2.45) is 11.3 Å². The van der Waals surface area contributed by atoms with Crippen molar-refractivity contribution in [3.63, 3.8) is 0 Å². The topological polar surface area (TPSA) is 74.6 Å². The van der Waals surface area contributed by atoms with Gasteiger partial charge in [0.05, 0.1) is 0 Å². The van der Waals surface area contributed by atoms with Gasteiger partial charge in [-0.1, -0.05) is 40.0 Å². The zero-order chi connectivity index (χ0) is 12.1. The molecule has 0 rings (SSSR count). The Labute approximate surface area is 90.3 Å². The van der Waals surface area contributed by atoms with Crippen LogP contribution in [-0.2, 0) is 9.59 Å². The lowest BCUT2D eigenvalue weighted by atomic mass is 9.75. The van der Waals surface area contributed by atoms with E-state index in [4.69, 9.17) is 10.2 Å². The smallest absolute Gasteiger partial charge is 0.318 e. The number of carbonyl (C=O) groups is 2. The van der Waals surface area contributed by atoms with Gasteiger partial charge in [0, 0.05) is 0 Å². The molecule has 0 aromatic heterocycles. The van der Waals surface area contributed by atoms with Gasteiger partial charge >= 0.3 is 11.9 Å². The van der Waals surface area contributed by atoms with Gasteiger partial charge in [0.15, 0.2) is 5.92 Å². The highest BCUT2D eigenvalue weighted by atomic mass is 16.4. The highest BCUT2D eigenvalue weighted by Gasteiger charge is 2.40. The Morgan fingerprint density at radius 1 is 1.13 bits per heavy atom. The molecule has 4 nitrogen and oxygen atoms in total. The van der Waals surface area contributed by atoms with Crippen molar-refractivity contribution in [1.82, 2.24) is 0 Å². The Morgan fingerprint density at radius 2 is 1.60 bits per heavy atom. The first-order valence-electron chi connectivity index (χ1n) is 5.28. The lowest BCUT2D eigenvalue weighted by Crippen LogP contribution is -2.37. The molecule has 0 bridgehead atoms. The normalized spacial score (nSPS) is 11.7. The Bertz CT molecular complexity index is 219. The second kappa shape index (κ2) is 5.73. The van der Waals surface area contributed by atoms with Crippen molar-refractivity contribution in [2.45, 2.75) is 46.5 Å². The van der Waals surface area contributed by atoms with Gasteiger partial charge in [-0.25, -0.2) is 0 Å². The highest BCUT2D eigenvalue weighted by Crippen LogP contribution is 2.33. The summed E-state index contributed by atoms with van der Waals surface area (Å²) in [5.41, 5.74) is -0.688. The van der Waals surface area contributed by atoms with Crippen LogP contribution in [0.3, 0.4) is 0 Å². The minimum Gasteiger partial charge on any atom is -0.481 e. The summed E-state index contributed by atoms with van der Waals surface area (Å²) >= 11 is 0. The number of carboxylic acid groups (broad SMARTS) is 2. The fourth-order valence-corrected chi connectivity index (χ4v) is 1.75. The van der Waals surface area contributed by atoms with Crippen LogP contribution in [0, 0.1) is 11.3 Å². The van der Waals surface area contributed by atoms with Crippen molar-refractivity contribution in [3.8, 4) is 0 Å². The SMILES string of the molecule is CCCCCC(C)(C)C(C(=O)O)C(=O)O. The third-order valence-electron chi connectivity index (χ3n) is 2.70. The predicted octanol–water partition coefficient (Wildman–Crippen LogP) is 2.38. The minimum atomic E-state index is -1.31. The number of carboxylic acids is 2. The van der Waals surface area contributed by atoms with Gasteiger partial charge in [-0.3, -0.25) is 9.59 Å². The molecule has 0 aromatic rings. The van der Waals surface area contributed by atoms with Crippen molar-refractivity contribution in [3.05, 3.63) is 0 Å². The van der Waals surface area contributed by atoms with E-state index in [1.807, 2.05) is 0 Å². The molecule has 0 amide bonds. The monoisotopic (exact) mass is 216 g/mol. The van der Waals surface area contributed by atoms with Gasteiger partial charge < -0.3 is 10.2 Å². The number of unbranched alkanes of at least 4 members (excludes halogenated alkanes) is 2. The first kappa shape index (κ1) is 13.9. The van der Waals surface area contributed by atoms with Crippen LogP contribution in [0.15, 0.2) is 0 Å². The standard InChI is InChI=1S/C11H20O4/c1-4-5-6-7-11(2,3)8(9(12)13)10(14)15/h8H,4-7H2,1-3H3,(H,12,13)(H,14,15). The fourth-order valence-electron chi connectivity index (χ4n) is 1.75. The molecule has 0 aliphatic rings. The van der Waals surface area contributed by atoms with Crippen molar-refractivity contribution >= 4 is 11.9 Å². The minimum absolute atomic E-state index is 0.629. The van der Waals surface area contributed by atoms with Crippen LogP contribution in [0.5, 0.6) is 0 Å². The number of rotatable bonds is 7. The lowest BCUT2D eigenvalue weighted by molar-refractivity contribution is -0.160. The molecule has 0 heterocycles. The van der Waals surface area contributed by atoms with E-state index in [9.17, 15) is 9.59 Å². The van der Waals surface area contributed by atoms with Crippen LogP contribution in [0.2, 0.25) is 0 Å². The molecule has 0 aliphatic heterocycles. The molecule has 0 atom stereocenters. The molecule has 0 unspecified atom stereocenters. The van der Waals surface area contributed by atoms with Crippen molar-refractivity contribution < 1.29 is 19.8 Å². The third kappa shape index (κ3) is 4.32. The van der Waals surface area contributed by atoms with Crippen LogP contribution >= 0.6 is 0 Å². The molecule has 2 N–H and O–H groups in total. The van der Waals surface area contributed by atoms with E-state index in [0.717, 1.165) is 19.3 Å². The zero-order valence-corrected chi connectivity index (χ0v) is 9.62. The van der Waals surface area contributed by atoms with Crippen LogP contribution in [0.25, 0.3) is 0 Å². The lowest BCUT2D eigenvalue weighted by Gasteiger charge is -2.28. The molecule has 0 spiro atoms. The maximum absolute atomic E-state index is 10.8.